The smallest absolute Gasteiger partial charge is 0.0377 e. The third kappa shape index (κ3) is 3.60. The first-order chi connectivity index (χ1) is 10.2. The Morgan fingerprint density at radius 2 is 1.90 bits per heavy atom. The van der Waals surface area contributed by atoms with E-state index in [0.29, 0.717) is 12.1 Å². The lowest BCUT2D eigenvalue weighted by atomic mass is 9.90. The monoisotopic (exact) mass is 286 g/mol. The Balaban J connectivity index is 1.67. The Bertz CT molecular complexity index is 467. The highest BCUT2D eigenvalue weighted by atomic mass is 15.1. The molecule has 21 heavy (non-hydrogen) atoms. The first kappa shape index (κ1) is 14.9. The molecule has 2 aliphatic rings. The van der Waals surface area contributed by atoms with E-state index in [4.69, 9.17) is 0 Å². The molecule has 2 nitrogen and oxygen atoms in total. The Labute approximate surface area is 129 Å². The molecule has 2 heteroatoms. The van der Waals surface area contributed by atoms with Crippen LogP contribution in [0.3, 0.4) is 0 Å². The van der Waals surface area contributed by atoms with Crippen molar-refractivity contribution >= 4 is 5.69 Å². The molecular weight excluding hydrogens is 256 g/mol. The van der Waals surface area contributed by atoms with E-state index in [1.54, 1.807) is 11.1 Å². The van der Waals surface area contributed by atoms with Crippen molar-refractivity contribution in [2.24, 2.45) is 0 Å². The summed E-state index contributed by atoms with van der Waals surface area (Å²) in [5.74, 6) is 0. The summed E-state index contributed by atoms with van der Waals surface area (Å²) in [6, 6.07) is 8.21. The van der Waals surface area contributed by atoms with Gasteiger partial charge in [-0.25, -0.2) is 0 Å². The van der Waals surface area contributed by atoms with Gasteiger partial charge in [0.2, 0.25) is 0 Å². The highest BCUT2D eigenvalue weighted by Gasteiger charge is 2.20. The Morgan fingerprint density at radius 1 is 1.05 bits per heavy atom. The van der Waals surface area contributed by atoms with Crippen LogP contribution in [0.5, 0.6) is 0 Å². The number of hydrogen-bond donors (Lipinski definition) is 1. The zero-order valence-corrected chi connectivity index (χ0v) is 13.7. The van der Waals surface area contributed by atoms with E-state index in [9.17, 15) is 0 Å². The Kier molecular flexibility index (Phi) is 4.84. The summed E-state index contributed by atoms with van der Waals surface area (Å²) in [6.45, 7) is 7.15. The normalized spacial score (nSPS) is 23.7. The second kappa shape index (κ2) is 6.83. The van der Waals surface area contributed by atoms with Crippen LogP contribution in [-0.2, 0) is 12.8 Å². The molecule has 0 saturated carbocycles. The van der Waals surface area contributed by atoms with E-state index in [0.717, 1.165) is 0 Å². The SMILES string of the molecule is CC(C)N1CCCC(Nc2cccc3c2CCCC3)CC1. The van der Waals surface area contributed by atoms with E-state index >= 15 is 0 Å². The summed E-state index contributed by atoms with van der Waals surface area (Å²) < 4.78 is 0. The molecule has 1 aromatic carbocycles. The summed E-state index contributed by atoms with van der Waals surface area (Å²) >= 11 is 0. The van der Waals surface area contributed by atoms with Gasteiger partial charge in [-0.2, -0.15) is 0 Å². The van der Waals surface area contributed by atoms with Crippen molar-refractivity contribution in [2.75, 3.05) is 18.4 Å². The number of fused-ring (bicyclic) bond motifs is 1. The summed E-state index contributed by atoms with van der Waals surface area (Å²) in [4.78, 5) is 2.63. The molecule has 1 unspecified atom stereocenters. The first-order valence-electron chi connectivity index (χ1n) is 8.85. The summed E-state index contributed by atoms with van der Waals surface area (Å²) in [6.07, 6.45) is 9.18. The summed E-state index contributed by atoms with van der Waals surface area (Å²) in [5.41, 5.74) is 4.62. The quantitative estimate of drug-likeness (QED) is 0.894. The number of hydrogen-bond acceptors (Lipinski definition) is 2. The molecule has 1 aliphatic carbocycles. The van der Waals surface area contributed by atoms with Crippen molar-refractivity contribution in [2.45, 2.75) is 70.9 Å². The van der Waals surface area contributed by atoms with Crippen LogP contribution in [0.15, 0.2) is 18.2 Å². The molecule has 1 heterocycles. The second-order valence-electron chi connectivity index (χ2n) is 7.05. The average Bonchev–Trinajstić information content (AvgIpc) is 2.73. The maximum Gasteiger partial charge on any atom is 0.0377 e. The maximum atomic E-state index is 3.88. The molecule has 1 fully saturated rings. The van der Waals surface area contributed by atoms with Crippen LogP contribution in [-0.4, -0.2) is 30.1 Å². The Hall–Kier alpha value is -1.02. The first-order valence-corrected chi connectivity index (χ1v) is 8.85. The van der Waals surface area contributed by atoms with Crippen molar-refractivity contribution in [3.8, 4) is 0 Å². The van der Waals surface area contributed by atoms with E-state index in [2.05, 4.69) is 42.3 Å². The number of nitrogens with one attached hydrogen (secondary N) is 1. The van der Waals surface area contributed by atoms with Crippen LogP contribution in [0.25, 0.3) is 0 Å². The van der Waals surface area contributed by atoms with Crippen LogP contribution >= 0.6 is 0 Å². The van der Waals surface area contributed by atoms with Gasteiger partial charge < -0.3 is 10.2 Å². The van der Waals surface area contributed by atoms with E-state index in [1.165, 1.54) is 63.7 Å². The third-order valence-electron chi connectivity index (χ3n) is 5.25. The van der Waals surface area contributed by atoms with E-state index in [1.807, 2.05) is 0 Å². The zero-order chi connectivity index (χ0) is 14.7. The van der Waals surface area contributed by atoms with Crippen molar-refractivity contribution in [3.05, 3.63) is 29.3 Å². The van der Waals surface area contributed by atoms with Crippen molar-refractivity contribution in [1.29, 1.82) is 0 Å². The zero-order valence-electron chi connectivity index (χ0n) is 13.7. The van der Waals surface area contributed by atoms with Gasteiger partial charge in [-0.1, -0.05) is 12.1 Å². The van der Waals surface area contributed by atoms with Crippen LogP contribution in [0.1, 0.15) is 57.1 Å². The molecular formula is C19H30N2. The number of nitrogens with zero attached hydrogens (tertiary/aromatic N) is 1. The lowest BCUT2D eigenvalue weighted by Crippen LogP contribution is -2.32. The average molecular weight is 286 g/mol. The molecule has 1 aromatic rings. The molecule has 0 spiro atoms. The van der Waals surface area contributed by atoms with Gasteiger partial charge in [0, 0.05) is 24.3 Å². The number of likely N-dealkylation sites (tertiary alicyclic amines) is 1. The van der Waals surface area contributed by atoms with Crippen molar-refractivity contribution in [1.82, 2.24) is 4.90 Å². The van der Waals surface area contributed by atoms with Gasteiger partial charge in [0.1, 0.15) is 0 Å². The van der Waals surface area contributed by atoms with Crippen LogP contribution in [0.2, 0.25) is 0 Å². The number of anilines is 1. The van der Waals surface area contributed by atoms with Gasteiger partial charge in [-0.15, -0.1) is 0 Å². The van der Waals surface area contributed by atoms with Gasteiger partial charge in [0.25, 0.3) is 0 Å². The number of benzene rings is 1. The number of aryl methyl sites for hydroxylation is 1. The molecule has 1 N–H and O–H groups in total. The topological polar surface area (TPSA) is 15.3 Å². The highest BCUT2D eigenvalue weighted by molar-refractivity contribution is 5.56. The molecule has 1 aliphatic heterocycles. The van der Waals surface area contributed by atoms with Gasteiger partial charge in [-0.05, 0) is 82.5 Å². The molecule has 1 atom stereocenters. The number of rotatable bonds is 3. The fourth-order valence-corrected chi connectivity index (χ4v) is 3.92. The molecule has 3 rings (SSSR count). The van der Waals surface area contributed by atoms with Crippen LogP contribution < -0.4 is 5.32 Å². The van der Waals surface area contributed by atoms with Gasteiger partial charge >= 0.3 is 0 Å². The molecule has 0 aromatic heterocycles. The fourth-order valence-electron chi connectivity index (χ4n) is 3.92. The van der Waals surface area contributed by atoms with Crippen molar-refractivity contribution in [3.63, 3.8) is 0 Å². The lowest BCUT2D eigenvalue weighted by molar-refractivity contribution is 0.230. The largest absolute Gasteiger partial charge is 0.382 e. The predicted molar refractivity (Wildman–Crippen MR) is 91.1 cm³/mol. The van der Waals surface area contributed by atoms with Gasteiger partial charge in [0.05, 0.1) is 0 Å². The highest BCUT2D eigenvalue weighted by Crippen LogP contribution is 2.29. The van der Waals surface area contributed by atoms with Crippen LogP contribution in [0, 0.1) is 0 Å². The van der Waals surface area contributed by atoms with Gasteiger partial charge in [-0.3, -0.25) is 0 Å². The summed E-state index contributed by atoms with van der Waals surface area (Å²) in [5, 5.41) is 3.88. The molecule has 1 saturated heterocycles. The van der Waals surface area contributed by atoms with Crippen LogP contribution in [0.4, 0.5) is 5.69 Å². The minimum absolute atomic E-state index is 0.655. The van der Waals surface area contributed by atoms with Gasteiger partial charge in [0.15, 0.2) is 0 Å². The molecule has 0 bridgehead atoms. The molecule has 0 radical (unpaired) electrons. The molecule has 0 amide bonds. The fraction of sp³-hybridized carbons (Fsp3) is 0.684. The predicted octanol–water partition coefficient (Wildman–Crippen LogP) is 4.24. The standard InChI is InChI=1S/C19H30N2/c1-15(2)21-13-6-9-17(12-14-21)20-19-11-5-8-16-7-3-4-10-18(16)19/h5,8,11,15,17,20H,3-4,6-7,9-10,12-14H2,1-2H3. The second-order valence-corrected chi connectivity index (χ2v) is 7.05. The van der Waals surface area contributed by atoms with Crippen molar-refractivity contribution < 1.29 is 0 Å². The minimum atomic E-state index is 0.655. The third-order valence-corrected chi connectivity index (χ3v) is 5.25. The van der Waals surface area contributed by atoms with E-state index < -0.39 is 0 Å². The Morgan fingerprint density at radius 3 is 2.76 bits per heavy atom. The summed E-state index contributed by atoms with van der Waals surface area (Å²) in [7, 11) is 0. The minimum Gasteiger partial charge on any atom is -0.382 e. The van der Waals surface area contributed by atoms with E-state index in [-0.39, 0.29) is 0 Å². The molecule has 116 valence electrons. The maximum absolute atomic E-state index is 3.88. The lowest BCUT2D eigenvalue weighted by Gasteiger charge is -2.25.